The first kappa shape index (κ1) is 38.7. The van der Waals surface area contributed by atoms with Crippen LogP contribution in [0.3, 0.4) is 0 Å². The number of esters is 1. The molecular weight excluding hydrogens is 635 g/mol. The number of carbonyl (C=O) groups is 6. The fourth-order valence-electron chi connectivity index (χ4n) is 4.02. The van der Waals surface area contributed by atoms with Crippen LogP contribution in [-0.4, -0.2) is 75.0 Å². The number of hydrogen-bond donors (Lipinski definition) is 4. The zero-order valence-electron chi connectivity index (χ0n) is 28.0. The number of cyclic esters (lactones) is 1. The lowest BCUT2D eigenvalue weighted by Crippen LogP contribution is -2.59. The number of aromatic nitrogens is 1. The molecule has 0 aliphatic carbocycles. The molecule has 2 bridgehead atoms. The van der Waals surface area contributed by atoms with E-state index in [-0.39, 0.29) is 35.6 Å². The van der Waals surface area contributed by atoms with Crippen molar-refractivity contribution in [3.05, 3.63) is 28.2 Å². The molecule has 4 amide bonds. The van der Waals surface area contributed by atoms with Gasteiger partial charge in [0.1, 0.15) is 40.0 Å². The van der Waals surface area contributed by atoms with Crippen LogP contribution in [0.2, 0.25) is 0 Å². The molecule has 0 fully saturated rings. The number of nitrogens with zero attached hydrogens (tertiary/aromatic N) is 1. The second-order valence-corrected chi connectivity index (χ2v) is 15.2. The number of alkyl carbamates (subject to hydrolysis) is 1. The van der Waals surface area contributed by atoms with Gasteiger partial charge in [-0.05, 0) is 59.0 Å². The molecule has 3 atom stereocenters. The number of thioether (sulfide) groups is 1. The maximum atomic E-state index is 13.3. The molecule has 0 aromatic carbocycles. The predicted octanol–water partition coefficient (Wildman–Crippen LogP) is 3.48. The van der Waals surface area contributed by atoms with Gasteiger partial charge in [-0.1, -0.05) is 45.5 Å². The van der Waals surface area contributed by atoms with Gasteiger partial charge in [-0.2, -0.15) is 0 Å². The number of hydrogen-bond acceptors (Lipinski definition) is 11. The van der Waals surface area contributed by atoms with Gasteiger partial charge in [0.15, 0.2) is 0 Å². The molecule has 46 heavy (non-hydrogen) atoms. The molecule has 0 unspecified atom stereocenters. The first-order valence-corrected chi connectivity index (χ1v) is 17.0. The monoisotopic (exact) mass is 681 g/mol. The highest BCUT2D eigenvalue weighted by molar-refractivity contribution is 8.13. The number of ether oxygens (including phenoxy) is 2. The fourth-order valence-corrected chi connectivity index (χ4v) is 5.70. The van der Waals surface area contributed by atoms with Crippen molar-refractivity contribution in [2.24, 2.45) is 11.8 Å². The molecule has 1 aromatic rings. The van der Waals surface area contributed by atoms with Crippen molar-refractivity contribution in [3.63, 3.8) is 0 Å². The average molecular weight is 682 g/mol. The van der Waals surface area contributed by atoms with Gasteiger partial charge < -0.3 is 30.7 Å². The Kier molecular flexibility index (Phi) is 14.2. The summed E-state index contributed by atoms with van der Waals surface area (Å²) in [5.41, 5.74) is -1.96. The number of rotatable bonds is 8. The van der Waals surface area contributed by atoms with Crippen molar-refractivity contribution in [2.75, 3.05) is 5.75 Å². The molecule has 1 aliphatic rings. The highest BCUT2D eigenvalue weighted by Gasteiger charge is 2.36. The third kappa shape index (κ3) is 12.7. The Balaban J connectivity index is 2.15. The first-order valence-electron chi connectivity index (χ1n) is 15.2. The van der Waals surface area contributed by atoms with Crippen LogP contribution in [0.5, 0.6) is 0 Å². The van der Waals surface area contributed by atoms with Gasteiger partial charge >= 0.3 is 12.1 Å². The van der Waals surface area contributed by atoms with E-state index in [1.807, 2.05) is 13.8 Å². The van der Waals surface area contributed by atoms with E-state index in [4.69, 9.17) is 9.47 Å². The van der Waals surface area contributed by atoms with Crippen LogP contribution in [-0.2, 0) is 35.2 Å². The van der Waals surface area contributed by atoms with Gasteiger partial charge in [0, 0.05) is 11.1 Å². The molecular formula is C31H47N5O8S2. The number of carbonyl (C=O) groups excluding carboxylic acids is 6. The number of thiazole rings is 1. The number of amides is 4. The van der Waals surface area contributed by atoms with Gasteiger partial charge in [0.25, 0.3) is 5.91 Å². The summed E-state index contributed by atoms with van der Waals surface area (Å²) >= 11 is 2.24. The van der Waals surface area contributed by atoms with Crippen LogP contribution in [0.15, 0.2) is 17.5 Å². The van der Waals surface area contributed by atoms with E-state index >= 15 is 0 Å². The Morgan fingerprint density at radius 1 is 1.20 bits per heavy atom. The van der Waals surface area contributed by atoms with Crippen LogP contribution in [0.25, 0.3) is 0 Å². The van der Waals surface area contributed by atoms with Gasteiger partial charge in [-0.15, -0.1) is 11.3 Å². The molecule has 0 saturated carbocycles. The lowest BCUT2D eigenvalue weighted by Gasteiger charge is -2.29. The summed E-state index contributed by atoms with van der Waals surface area (Å²) in [6.45, 7) is 15.4. The molecule has 15 heteroatoms. The van der Waals surface area contributed by atoms with E-state index in [1.165, 1.54) is 30.6 Å². The first-order chi connectivity index (χ1) is 21.3. The van der Waals surface area contributed by atoms with Crippen molar-refractivity contribution in [3.8, 4) is 0 Å². The normalized spacial score (nSPS) is 20.5. The fraction of sp³-hybridized carbons (Fsp3) is 0.645. The summed E-state index contributed by atoms with van der Waals surface area (Å²) < 4.78 is 11.0. The molecule has 256 valence electrons. The number of allylic oxidation sites excluding steroid dienone is 1. The summed E-state index contributed by atoms with van der Waals surface area (Å²) in [4.78, 5) is 81.3. The standard InChI is InChI=1S/C31H47N5O8S2/c1-17(2)23-26(39)43-19(12-10-11-13-45-27(40)24(18(3)4)35-29(42)44-30(5,6)7)14-21(37)32-15-22-33-20(16-46-22)25(38)36-31(8,9)28(41)34-23/h10,12,16-19,23-24H,11,13-15H2,1-9H3,(H,32,37)(H,34,41)(H,35,42)(H,36,38)/b12-10+/t19-,23+,24+/m1/s1. The highest BCUT2D eigenvalue weighted by Crippen LogP contribution is 2.18. The lowest BCUT2D eigenvalue weighted by atomic mass is 9.99. The quantitative estimate of drug-likeness (QED) is 0.180. The van der Waals surface area contributed by atoms with E-state index < -0.39 is 59.1 Å². The lowest BCUT2D eigenvalue weighted by molar-refractivity contribution is -0.153. The van der Waals surface area contributed by atoms with Crippen molar-refractivity contribution in [1.82, 2.24) is 26.3 Å². The zero-order valence-corrected chi connectivity index (χ0v) is 29.6. The summed E-state index contributed by atoms with van der Waals surface area (Å²) in [6.07, 6.45) is 1.87. The second-order valence-electron chi connectivity index (χ2n) is 13.1. The minimum absolute atomic E-state index is 0.0623. The number of nitrogens with one attached hydrogen (secondary N) is 4. The molecule has 0 spiro atoms. The molecule has 0 saturated heterocycles. The van der Waals surface area contributed by atoms with E-state index in [1.54, 1.807) is 46.8 Å². The molecule has 13 nitrogen and oxygen atoms in total. The van der Waals surface area contributed by atoms with E-state index in [9.17, 15) is 28.8 Å². The largest absolute Gasteiger partial charge is 0.456 e. The molecule has 2 heterocycles. The summed E-state index contributed by atoms with van der Waals surface area (Å²) in [7, 11) is 0. The SMILES string of the molecule is CC(C)[C@@H]1NC(=O)C(C)(C)NC(=O)c2csc(n2)CNC(=O)C[C@@H](/C=C/CCSC(=O)[C@@H](NC(=O)OC(C)(C)C)C(C)C)OC1=O. The van der Waals surface area contributed by atoms with E-state index in [0.29, 0.717) is 17.2 Å². The maximum absolute atomic E-state index is 13.3. The molecule has 0 radical (unpaired) electrons. The third-order valence-electron chi connectivity index (χ3n) is 6.55. The Labute approximate surface area is 278 Å². The Morgan fingerprint density at radius 3 is 2.48 bits per heavy atom. The van der Waals surface area contributed by atoms with Crippen molar-refractivity contribution in [2.45, 2.75) is 111 Å². The van der Waals surface area contributed by atoms with Gasteiger partial charge in [0.2, 0.25) is 16.9 Å². The van der Waals surface area contributed by atoms with Crippen molar-refractivity contribution in [1.29, 1.82) is 0 Å². The second kappa shape index (κ2) is 16.9. The Hall–Kier alpha value is -3.46. The van der Waals surface area contributed by atoms with Crippen LogP contribution in [0, 0.1) is 11.8 Å². The highest BCUT2D eigenvalue weighted by atomic mass is 32.2. The molecule has 1 aromatic heterocycles. The van der Waals surface area contributed by atoms with Gasteiger partial charge in [-0.3, -0.25) is 19.2 Å². The zero-order chi connectivity index (χ0) is 34.8. The summed E-state index contributed by atoms with van der Waals surface area (Å²) in [5.74, 6) is -2.46. The minimum Gasteiger partial charge on any atom is -0.456 e. The van der Waals surface area contributed by atoms with Crippen molar-refractivity contribution >= 4 is 58.0 Å². The van der Waals surface area contributed by atoms with Crippen LogP contribution < -0.4 is 21.3 Å². The summed E-state index contributed by atoms with van der Waals surface area (Å²) in [6, 6.07) is -1.79. The Bertz CT molecular complexity index is 1300. The van der Waals surface area contributed by atoms with E-state index in [2.05, 4.69) is 26.3 Å². The predicted molar refractivity (Wildman–Crippen MR) is 176 cm³/mol. The number of fused-ring (bicyclic) bond motifs is 2. The minimum atomic E-state index is -1.37. The molecule has 1 aliphatic heterocycles. The maximum Gasteiger partial charge on any atom is 0.408 e. The smallest absolute Gasteiger partial charge is 0.408 e. The molecule has 2 rings (SSSR count). The third-order valence-corrected chi connectivity index (χ3v) is 8.38. The van der Waals surface area contributed by atoms with Gasteiger partial charge in [-0.25, -0.2) is 14.6 Å². The summed E-state index contributed by atoms with van der Waals surface area (Å²) in [5, 5.41) is 12.5. The van der Waals surface area contributed by atoms with E-state index in [0.717, 1.165) is 11.8 Å². The molecule has 4 N–H and O–H groups in total. The topological polar surface area (TPSA) is 182 Å². The Morgan fingerprint density at radius 2 is 1.87 bits per heavy atom. The van der Waals surface area contributed by atoms with Crippen molar-refractivity contribution < 1.29 is 38.2 Å². The van der Waals surface area contributed by atoms with Crippen LogP contribution in [0.1, 0.15) is 90.7 Å². The van der Waals surface area contributed by atoms with Gasteiger partial charge in [0.05, 0.1) is 13.0 Å². The van der Waals surface area contributed by atoms with Crippen LogP contribution in [0.4, 0.5) is 4.79 Å². The average Bonchev–Trinajstić information content (AvgIpc) is 3.40. The van der Waals surface area contributed by atoms with Crippen LogP contribution >= 0.6 is 23.1 Å².